The highest BCUT2D eigenvalue weighted by atomic mass is 16.5. The Morgan fingerprint density at radius 1 is 1.10 bits per heavy atom. The SMILES string of the molecule is O=C(O)N1CCC(Nc2ccc(CCNC[C@H](O)COc3ccc(O)cc3)cc2)CC1. The van der Waals surface area contributed by atoms with Gasteiger partial charge in [0.05, 0.1) is 0 Å². The average molecular weight is 430 g/mol. The first-order chi connectivity index (χ1) is 15.0. The molecule has 8 heteroatoms. The van der Waals surface area contributed by atoms with Crippen LogP contribution in [0, 0.1) is 0 Å². The lowest BCUT2D eigenvalue weighted by atomic mass is 10.0. The van der Waals surface area contributed by atoms with Crippen molar-refractivity contribution in [1.29, 1.82) is 0 Å². The third-order valence-electron chi connectivity index (χ3n) is 5.34. The minimum Gasteiger partial charge on any atom is -0.508 e. The summed E-state index contributed by atoms with van der Waals surface area (Å²) in [7, 11) is 0. The lowest BCUT2D eigenvalue weighted by Gasteiger charge is -2.31. The molecule has 0 spiro atoms. The van der Waals surface area contributed by atoms with Crippen LogP contribution in [0.2, 0.25) is 0 Å². The largest absolute Gasteiger partial charge is 0.508 e. The molecular formula is C23H31N3O5. The molecule has 0 aliphatic carbocycles. The number of hydrogen-bond donors (Lipinski definition) is 5. The standard InChI is InChI=1S/C23H31N3O5/c27-20-5-7-22(8-6-20)31-16-21(28)15-24-12-9-17-1-3-18(4-2-17)25-19-10-13-26(14-11-19)23(29)30/h1-8,19,21,24-25,27-28H,9-16H2,(H,29,30)/t21-/m0/s1. The first kappa shape index (κ1) is 22.7. The second-order valence-electron chi connectivity index (χ2n) is 7.80. The Morgan fingerprint density at radius 2 is 1.77 bits per heavy atom. The number of aromatic hydroxyl groups is 1. The summed E-state index contributed by atoms with van der Waals surface area (Å²) < 4.78 is 5.49. The van der Waals surface area contributed by atoms with Crippen LogP contribution in [0.4, 0.5) is 10.5 Å². The van der Waals surface area contributed by atoms with Crippen LogP contribution in [0.5, 0.6) is 11.5 Å². The predicted molar refractivity (Wildman–Crippen MR) is 119 cm³/mol. The van der Waals surface area contributed by atoms with E-state index in [0.29, 0.717) is 31.4 Å². The fourth-order valence-corrected chi connectivity index (χ4v) is 3.51. The molecule has 0 aromatic heterocycles. The first-order valence-corrected chi connectivity index (χ1v) is 10.6. The number of likely N-dealkylation sites (tertiary alicyclic amines) is 1. The van der Waals surface area contributed by atoms with Crippen LogP contribution in [-0.2, 0) is 6.42 Å². The number of phenolic OH excluding ortho intramolecular Hbond substituents is 1. The Morgan fingerprint density at radius 3 is 2.42 bits per heavy atom. The van der Waals surface area contributed by atoms with Gasteiger partial charge in [-0.1, -0.05) is 12.1 Å². The smallest absolute Gasteiger partial charge is 0.407 e. The molecule has 5 N–H and O–H groups in total. The van der Waals surface area contributed by atoms with Crippen LogP contribution < -0.4 is 15.4 Å². The predicted octanol–water partition coefficient (Wildman–Crippen LogP) is 2.52. The number of carboxylic acid groups (broad SMARTS) is 1. The number of carbonyl (C=O) groups is 1. The third kappa shape index (κ3) is 7.66. The van der Waals surface area contributed by atoms with E-state index in [-0.39, 0.29) is 12.4 Å². The van der Waals surface area contributed by atoms with Gasteiger partial charge in [-0.15, -0.1) is 0 Å². The Labute approximate surface area is 182 Å². The van der Waals surface area contributed by atoms with Crippen molar-refractivity contribution in [1.82, 2.24) is 10.2 Å². The maximum Gasteiger partial charge on any atom is 0.407 e. The molecule has 1 atom stereocenters. The molecule has 0 radical (unpaired) electrons. The summed E-state index contributed by atoms with van der Waals surface area (Å²) in [4.78, 5) is 12.4. The molecule has 0 bridgehead atoms. The van der Waals surface area contributed by atoms with Crippen molar-refractivity contribution >= 4 is 11.8 Å². The third-order valence-corrected chi connectivity index (χ3v) is 5.34. The molecule has 0 unspecified atom stereocenters. The van der Waals surface area contributed by atoms with E-state index in [0.717, 1.165) is 31.5 Å². The van der Waals surface area contributed by atoms with E-state index in [2.05, 4.69) is 34.9 Å². The summed E-state index contributed by atoms with van der Waals surface area (Å²) >= 11 is 0. The molecule has 31 heavy (non-hydrogen) atoms. The van der Waals surface area contributed by atoms with Gasteiger partial charge in [0.1, 0.15) is 24.2 Å². The quantitative estimate of drug-likeness (QED) is 0.369. The number of nitrogens with one attached hydrogen (secondary N) is 2. The lowest BCUT2D eigenvalue weighted by Crippen LogP contribution is -2.41. The number of amides is 1. The van der Waals surface area contributed by atoms with Gasteiger partial charge in [0, 0.05) is 31.4 Å². The number of benzene rings is 2. The molecule has 1 heterocycles. The topological polar surface area (TPSA) is 114 Å². The molecule has 2 aromatic rings. The van der Waals surface area contributed by atoms with Crippen LogP contribution >= 0.6 is 0 Å². The number of hydrogen-bond acceptors (Lipinski definition) is 6. The molecular weight excluding hydrogens is 398 g/mol. The van der Waals surface area contributed by atoms with E-state index < -0.39 is 12.2 Å². The minimum absolute atomic E-state index is 0.180. The summed E-state index contributed by atoms with van der Waals surface area (Å²) in [5.41, 5.74) is 2.25. The van der Waals surface area contributed by atoms with Gasteiger partial charge in [0.15, 0.2) is 0 Å². The van der Waals surface area contributed by atoms with Gasteiger partial charge >= 0.3 is 6.09 Å². The van der Waals surface area contributed by atoms with Crippen molar-refractivity contribution in [2.75, 3.05) is 38.1 Å². The Bertz CT molecular complexity index is 805. The zero-order valence-corrected chi connectivity index (χ0v) is 17.5. The summed E-state index contributed by atoms with van der Waals surface area (Å²) in [6.07, 6.45) is 1.03. The summed E-state index contributed by atoms with van der Waals surface area (Å²) in [6.45, 7) is 2.51. The number of phenols is 1. The highest BCUT2D eigenvalue weighted by Crippen LogP contribution is 2.18. The number of piperidine rings is 1. The van der Waals surface area contributed by atoms with E-state index in [1.807, 2.05) is 0 Å². The van der Waals surface area contributed by atoms with Gasteiger partial charge in [-0.2, -0.15) is 0 Å². The van der Waals surface area contributed by atoms with E-state index in [4.69, 9.17) is 9.84 Å². The molecule has 1 saturated heterocycles. The van der Waals surface area contributed by atoms with Crippen LogP contribution in [0.15, 0.2) is 48.5 Å². The molecule has 8 nitrogen and oxygen atoms in total. The molecule has 0 saturated carbocycles. The highest BCUT2D eigenvalue weighted by Gasteiger charge is 2.21. The monoisotopic (exact) mass is 429 g/mol. The van der Waals surface area contributed by atoms with Gasteiger partial charge in [-0.3, -0.25) is 0 Å². The van der Waals surface area contributed by atoms with E-state index in [1.54, 1.807) is 24.3 Å². The maximum atomic E-state index is 11.0. The van der Waals surface area contributed by atoms with Gasteiger partial charge in [0.25, 0.3) is 0 Å². The maximum absolute atomic E-state index is 11.0. The van der Waals surface area contributed by atoms with E-state index in [9.17, 15) is 15.0 Å². The molecule has 3 rings (SSSR count). The average Bonchev–Trinajstić information content (AvgIpc) is 2.78. The van der Waals surface area contributed by atoms with Crippen LogP contribution in [0.25, 0.3) is 0 Å². The first-order valence-electron chi connectivity index (χ1n) is 10.6. The Kier molecular flexibility index (Phi) is 8.37. The van der Waals surface area contributed by atoms with Gasteiger partial charge < -0.3 is 35.6 Å². The van der Waals surface area contributed by atoms with E-state index in [1.165, 1.54) is 10.5 Å². The van der Waals surface area contributed by atoms with Crippen molar-refractivity contribution in [2.24, 2.45) is 0 Å². The van der Waals surface area contributed by atoms with Gasteiger partial charge in [-0.05, 0) is 67.8 Å². The van der Waals surface area contributed by atoms with Gasteiger partial charge in [0.2, 0.25) is 0 Å². The Hall–Kier alpha value is -2.97. The van der Waals surface area contributed by atoms with Crippen LogP contribution in [0.3, 0.4) is 0 Å². The highest BCUT2D eigenvalue weighted by molar-refractivity contribution is 5.65. The molecule has 1 aliphatic heterocycles. The molecule has 1 aliphatic rings. The number of anilines is 1. The van der Waals surface area contributed by atoms with Crippen LogP contribution in [-0.4, -0.2) is 71.2 Å². The van der Waals surface area contributed by atoms with Crippen molar-refractivity contribution in [3.8, 4) is 11.5 Å². The molecule has 2 aromatic carbocycles. The second kappa shape index (κ2) is 11.4. The number of ether oxygens (including phenoxy) is 1. The summed E-state index contributed by atoms with van der Waals surface area (Å²) in [5.74, 6) is 0.789. The fraction of sp³-hybridized carbons (Fsp3) is 0.435. The van der Waals surface area contributed by atoms with Crippen molar-refractivity contribution in [3.63, 3.8) is 0 Å². The number of aliphatic hydroxyl groups excluding tert-OH is 1. The van der Waals surface area contributed by atoms with Gasteiger partial charge in [-0.25, -0.2) is 4.79 Å². The van der Waals surface area contributed by atoms with Crippen molar-refractivity contribution in [2.45, 2.75) is 31.4 Å². The normalized spacial score (nSPS) is 15.5. The Balaban J connectivity index is 1.29. The molecule has 168 valence electrons. The molecule has 1 fully saturated rings. The van der Waals surface area contributed by atoms with Crippen molar-refractivity contribution in [3.05, 3.63) is 54.1 Å². The zero-order valence-electron chi connectivity index (χ0n) is 17.5. The second-order valence-corrected chi connectivity index (χ2v) is 7.80. The zero-order chi connectivity index (χ0) is 22.1. The number of nitrogens with zero attached hydrogens (tertiary/aromatic N) is 1. The lowest BCUT2D eigenvalue weighted by molar-refractivity contribution is 0.106. The van der Waals surface area contributed by atoms with E-state index >= 15 is 0 Å². The number of aliphatic hydroxyl groups is 1. The number of rotatable bonds is 10. The fourth-order valence-electron chi connectivity index (χ4n) is 3.51. The summed E-state index contributed by atoms with van der Waals surface area (Å²) in [6, 6.07) is 15.0. The molecule has 1 amide bonds. The van der Waals surface area contributed by atoms with Crippen LogP contribution in [0.1, 0.15) is 18.4 Å². The van der Waals surface area contributed by atoms with Crippen molar-refractivity contribution < 1.29 is 24.9 Å². The minimum atomic E-state index is -0.839. The summed E-state index contributed by atoms with van der Waals surface area (Å²) in [5, 5.41) is 35.0.